The van der Waals surface area contributed by atoms with Crippen molar-refractivity contribution in [2.24, 2.45) is 5.92 Å². The number of fused-ring (bicyclic) bond motifs is 1. The summed E-state index contributed by atoms with van der Waals surface area (Å²) in [7, 11) is 0. The molecule has 23 heavy (non-hydrogen) atoms. The molecule has 122 valence electrons. The van der Waals surface area contributed by atoms with Crippen LogP contribution in [-0.4, -0.2) is 33.2 Å². The fourth-order valence-corrected chi connectivity index (χ4v) is 4.01. The Hall–Kier alpha value is -1.57. The number of imide groups is 1. The first-order valence-corrected chi connectivity index (χ1v) is 10.3. The number of hydrogen-bond acceptors (Lipinski definition) is 3. The summed E-state index contributed by atoms with van der Waals surface area (Å²) in [6, 6.07) is 4.72. The lowest BCUT2D eigenvalue weighted by molar-refractivity contribution is 0.0533. The van der Waals surface area contributed by atoms with E-state index in [9.17, 15) is 14.4 Å². The van der Waals surface area contributed by atoms with Gasteiger partial charge in [0, 0.05) is 11.6 Å². The van der Waals surface area contributed by atoms with Crippen LogP contribution >= 0.6 is 21.0 Å². The van der Waals surface area contributed by atoms with Crippen LogP contribution in [0.4, 0.5) is 0 Å². The Kier molecular flexibility index (Phi) is 4.61. The maximum atomic E-state index is 12.7. The van der Waals surface area contributed by atoms with Crippen LogP contribution in [0.5, 0.6) is 0 Å². The van der Waals surface area contributed by atoms with E-state index in [-0.39, 0.29) is 23.8 Å². The van der Waals surface area contributed by atoms with E-state index in [4.69, 9.17) is 0 Å². The summed E-state index contributed by atoms with van der Waals surface area (Å²) in [6.07, 6.45) is 3.82. The predicted octanol–water partition coefficient (Wildman–Crippen LogP) is 2.91. The molecule has 0 radical (unpaired) electrons. The van der Waals surface area contributed by atoms with Gasteiger partial charge in [-0.25, -0.2) is 0 Å². The highest BCUT2D eigenvalue weighted by atomic mass is 127. The third-order valence-electron chi connectivity index (χ3n) is 4.68. The molecule has 1 aromatic rings. The molecular weight excluding hydrogens is 407 g/mol. The molecule has 0 aromatic heterocycles. The maximum Gasteiger partial charge on any atom is 0.261 e. The number of nitrogens with zero attached hydrogens (tertiary/aromatic N) is 1. The summed E-state index contributed by atoms with van der Waals surface area (Å²) in [6.45, 7) is 2.20. The van der Waals surface area contributed by atoms with Gasteiger partial charge in [-0.1, -0.05) is 6.92 Å². The summed E-state index contributed by atoms with van der Waals surface area (Å²) < 4.78 is 6.39. The number of nitrogens with one attached hydrogen (secondary N) is 1. The molecule has 3 rings (SSSR count). The minimum atomic E-state index is -0.622. The Bertz CT molecular complexity index is 693. The third kappa shape index (κ3) is 2.96. The highest BCUT2D eigenvalue weighted by Crippen LogP contribution is 2.33. The zero-order chi connectivity index (χ0) is 16.6. The number of hydrogen-bond donors (Lipinski definition) is 1. The molecule has 1 N–H and O–H groups in total. The molecule has 1 aliphatic heterocycles. The lowest BCUT2D eigenvalue weighted by Gasteiger charge is -2.32. The van der Waals surface area contributed by atoms with Crippen molar-refractivity contribution in [3.8, 4) is 0 Å². The lowest BCUT2D eigenvalue weighted by atomic mass is 9.86. The molecule has 0 bridgehead atoms. The molecule has 0 spiro atoms. The Morgan fingerprint density at radius 2 is 1.83 bits per heavy atom. The Balaban J connectivity index is 1.88. The minimum absolute atomic E-state index is 0.0124. The van der Waals surface area contributed by atoms with Gasteiger partial charge in [-0.05, 0) is 75.3 Å². The van der Waals surface area contributed by atoms with Crippen LogP contribution in [0.15, 0.2) is 18.2 Å². The van der Waals surface area contributed by atoms with Gasteiger partial charge < -0.3 is 3.53 Å². The third-order valence-corrected chi connectivity index (χ3v) is 5.55. The standard InChI is InChI=1S/C17H19IN2O3/c1-10-3-6-12(7-4-10)20-16(22)13-8-5-11(15(21)19-18-2)9-14(13)17(20)23/h5,8-10,12H,2-4,6-7H2,1H3,(H,19,21). The molecule has 0 atom stereocenters. The van der Waals surface area contributed by atoms with E-state index < -0.39 is 21.0 Å². The van der Waals surface area contributed by atoms with E-state index in [0.717, 1.165) is 25.7 Å². The minimum Gasteiger partial charge on any atom is -0.300 e. The van der Waals surface area contributed by atoms with Crippen LogP contribution in [0.2, 0.25) is 0 Å². The number of benzene rings is 1. The fourth-order valence-electron chi connectivity index (χ4n) is 3.35. The van der Waals surface area contributed by atoms with Crippen LogP contribution < -0.4 is 3.53 Å². The van der Waals surface area contributed by atoms with E-state index >= 15 is 0 Å². The van der Waals surface area contributed by atoms with E-state index in [1.165, 1.54) is 11.0 Å². The zero-order valence-corrected chi connectivity index (χ0v) is 15.1. The Morgan fingerprint density at radius 3 is 2.48 bits per heavy atom. The normalized spacial score (nSPS) is 23.8. The first kappa shape index (κ1) is 16.3. The van der Waals surface area contributed by atoms with Crippen molar-refractivity contribution in [3.63, 3.8) is 0 Å². The van der Waals surface area contributed by atoms with Gasteiger partial charge in [-0.15, -0.1) is 0 Å². The topological polar surface area (TPSA) is 66.5 Å². The molecule has 1 fully saturated rings. The van der Waals surface area contributed by atoms with E-state index in [0.29, 0.717) is 22.6 Å². The van der Waals surface area contributed by atoms with Gasteiger partial charge in [0.1, 0.15) is 0 Å². The molecular formula is C17H19IN2O3. The first-order chi connectivity index (χ1) is 11.0. The van der Waals surface area contributed by atoms with Gasteiger partial charge in [0.05, 0.1) is 11.1 Å². The molecule has 1 saturated carbocycles. The van der Waals surface area contributed by atoms with Crippen LogP contribution in [0, 0.1) is 5.92 Å². The molecule has 1 aromatic carbocycles. The van der Waals surface area contributed by atoms with Crippen molar-refractivity contribution in [2.75, 3.05) is 0 Å². The van der Waals surface area contributed by atoms with Gasteiger partial charge in [0.25, 0.3) is 17.7 Å². The van der Waals surface area contributed by atoms with Crippen LogP contribution in [0.25, 0.3) is 0 Å². The fraction of sp³-hybridized carbons (Fsp3) is 0.412. The molecule has 1 aliphatic carbocycles. The van der Waals surface area contributed by atoms with Gasteiger partial charge in [0.2, 0.25) is 0 Å². The van der Waals surface area contributed by atoms with E-state index in [2.05, 4.69) is 15.0 Å². The molecule has 2 aliphatic rings. The second-order valence-electron chi connectivity index (χ2n) is 6.21. The average Bonchev–Trinajstić information content (AvgIpc) is 2.80. The van der Waals surface area contributed by atoms with Crippen molar-refractivity contribution >= 4 is 43.2 Å². The van der Waals surface area contributed by atoms with Gasteiger partial charge in [-0.2, -0.15) is 0 Å². The van der Waals surface area contributed by atoms with Gasteiger partial charge in [-0.3, -0.25) is 19.3 Å². The van der Waals surface area contributed by atoms with Crippen molar-refractivity contribution in [2.45, 2.75) is 38.6 Å². The molecule has 1 heterocycles. The molecule has 6 heteroatoms. The molecule has 3 amide bonds. The number of rotatable bonds is 3. The monoisotopic (exact) mass is 426 g/mol. The maximum absolute atomic E-state index is 12.7. The quantitative estimate of drug-likeness (QED) is 0.459. The van der Waals surface area contributed by atoms with Crippen molar-refractivity contribution in [1.82, 2.24) is 8.43 Å². The SMILES string of the molecule is C=INC(=O)c1ccc2c(c1)C(=O)N(C1CCC(C)CC1)C2=O. The average molecular weight is 426 g/mol. The Labute approximate surface area is 145 Å². The Morgan fingerprint density at radius 1 is 1.17 bits per heavy atom. The molecule has 5 nitrogen and oxygen atoms in total. The predicted molar refractivity (Wildman–Crippen MR) is 97.0 cm³/mol. The van der Waals surface area contributed by atoms with E-state index in [1.54, 1.807) is 12.1 Å². The lowest BCUT2D eigenvalue weighted by Crippen LogP contribution is -2.41. The summed E-state index contributed by atoms with van der Waals surface area (Å²) in [5, 5.41) is 0. The zero-order valence-electron chi connectivity index (χ0n) is 13.0. The summed E-state index contributed by atoms with van der Waals surface area (Å²) >= 11 is -0.622. The van der Waals surface area contributed by atoms with Crippen molar-refractivity contribution in [3.05, 3.63) is 34.9 Å². The largest absolute Gasteiger partial charge is 0.300 e. The summed E-state index contributed by atoms with van der Waals surface area (Å²) in [5.41, 5.74) is 1.17. The summed E-state index contributed by atoms with van der Waals surface area (Å²) in [5.74, 6) is -0.0620. The van der Waals surface area contributed by atoms with E-state index in [1.807, 2.05) is 0 Å². The van der Waals surface area contributed by atoms with Crippen LogP contribution in [0.1, 0.15) is 63.7 Å². The number of halogens is 1. The molecule has 0 unspecified atom stereocenters. The van der Waals surface area contributed by atoms with Gasteiger partial charge >= 0.3 is 0 Å². The van der Waals surface area contributed by atoms with Gasteiger partial charge in [0.15, 0.2) is 0 Å². The van der Waals surface area contributed by atoms with Crippen LogP contribution in [-0.2, 0) is 0 Å². The number of amides is 3. The number of carbonyl (C=O) groups excluding carboxylic acids is 3. The highest BCUT2D eigenvalue weighted by Gasteiger charge is 2.41. The van der Waals surface area contributed by atoms with Crippen molar-refractivity contribution < 1.29 is 14.4 Å². The second-order valence-corrected chi connectivity index (χ2v) is 7.51. The molecule has 0 saturated heterocycles. The second kappa shape index (κ2) is 6.51. The summed E-state index contributed by atoms with van der Waals surface area (Å²) in [4.78, 5) is 38.6. The highest BCUT2D eigenvalue weighted by molar-refractivity contribution is 14.2. The first-order valence-electron chi connectivity index (χ1n) is 7.72. The number of carbonyl (C=O) groups is 3. The van der Waals surface area contributed by atoms with Crippen molar-refractivity contribution in [1.29, 1.82) is 0 Å². The smallest absolute Gasteiger partial charge is 0.261 e. The van der Waals surface area contributed by atoms with Crippen LogP contribution in [0.3, 0.4) is 0 Å².